The summed E-state index contributed by atoms with van der Waals surface area (Å²) < 4.78 is 5.41. The molecule has 0 fully saturated rings. The lowest BCUT2D eigenvalue weighted by Gasteiger charge is -2.34. The van der Waals surface area contributed by atoms with Crippen LogP contribution >= 0.6 is 0 Å². The average Bonchev–Trinajstić information content (AvgIpc) is 2.83. The summed E-state index contributed by atoms with van der Waals surface area (Å²) in [5, 5.41) is 3.11. The molecule has 190 valence electrons. The fraction of sp³-hybridized carbons (Fsp3) is 0.355. The number of rotatable bonds is 9. The van der Waals surface area contributed by atoms with Crippen LogP contribution in [0.1, 0.15) is 48.6 Å². The first-order chi connectivity index (χ1) is 17.1. The van der Waals surface area contributed by atoms with Crippen molar-refractivity contribution in [1.29, 1.82) is 0 Å². The summed E-state index contributed by atoms with van der Waals surface area (Å²) in [4.78, 5) is 29.3. The second-order valence-corrected chi connectivity index (χ2v) is 10.4. The van der Waals surface area contributed by atoms with Crippen molar-refractivity contribution < 1.29 is 14.3 Å². The summed E-state index contributed by atoms with van der Waals surface area (Å²) in [5.41, 5.74) is 4.63. The number of carbonyl (C=O) groups excluding carboxylic acids is 2. The maximum atomic E-state index is 14.0. The van der Waals surface area contributed by atoms with Crippen LogP contribution in [-0.4, -0.2) is 35.4 Å². The van der Waals surface area contributed by atoms with E-state index < -0.39 is 11.6 Å². The molecular formula is C31H38N2O3. The van der Waals surface area contributed by atoms with E-state index in [2.05, 4.69) is 11.4 Å². The fourth-order valence-electron chi connectivity index (χ4n) is 4.23. The van der Waals surface area contributed by atoms with Crippen LogP contribution in [0.25, 0.3) is 0 Å². The fourth-order valence-corrected chi connectivity index (χ4v) is 4.23. The Labute approximate surface area is 215 Å². The van der Waals surface area contributed by atoms with Crippen LogP contribution in [-0.2, 0) is 29.0 Å². The lowest BCUT2D eigenvalue weighted by Crippen LogP contribution is -2.54. The second-order valence-electron chi connectivity index (χ2n) is 10.4. The molecule has 0 spiro atoms. The molecule has 0 bridgehead atoms. The van der Waals surface area contributed by atoms with Crippen LogP contribution < -0.4 is 10.1 Å². The molecule has 0 heterocycles. The Balaban J connectivity index is 2.03. The summed E-state index contributed by atoms with van der Waals surface area (Å²) in [6, 6.07) is 23.0. The zero-order chi connectivity index (χ0) is 26.3. The number of ether oxygens (including phenoxy) is 1. The molecule has 5 heteroatoms. The monoisotopic (exact) mass is 486 g/mol. The third-order valence-corrected chi connectivity index (χ3v) is 6.10. The normalized spacial score (nSPS) is 12.1. The van der Waals surface area contributed by atoms with E-state index in [0.29, 0.717) is 18.7 Å². The van der Waals surface area contributed by atoms with Gasteiger partial charge in [0.1, 0.15) is 11.8 Å². The Kier molecular flexibility index (Phi) is 8.92. The van der Waals surface area contributed by atoms with Gasteiger partial charge in [0.15, 0.2) is 0 Å². The lowest BCUT2D eigenvalue weighted by atomic mass is 9.98. The van der Waals surface area contributed by atoms with Gasteiger partial charge < -0.3 is 15.0 Å². The van der Waals surface area contributed by atoms with E-state index in [1.165, 1.54) is 0 Å². The number of amides is 2. The quantitative estimate of drug-likeness (QED) is 0.440. The van der Waals surface area contributed by atoms with Crippen molar-refractivity contribution in [3.8, 4) is 5.75 Å². The number of nitrogens with zero attached hydrogens (tertiary/aromatic N) is 1. The van der Waals surface area contributed by atoms with Gasteiger partial charge in [0.25, 0.3) is 0 Å². The summed E-state index contributed by atoms with van der Waals surface area (Å²) in [6.07, 6.45) is 0.650. The molecule has 0 saturated heterocycles. The van der Waals surface area contributed by atoms with Crippen molar-refractivity contribution >= 4 is 11.8 Å². The van der Waals surface area contributed by atoms with Crippen LogP contribution in [0, 0.1) is 13.8 Å². The zero-order valence-corrected chi connectivity index (χ0v) is 22.3. The maximum absolute atomic E-state index is 14.0. The highest BCUT2D eigenvalue weighted by Crippen LogP contribution is 2.21. The molecule has 3 rings (SSSR count). The minimum absolute atomic E-state index is 0.0866. The molecule has 0 aliphatic heterocycles. The molecule has 2 amide bonds. The number of methoxy groups -OCH3 is 1. The van der Waals surface area contributed by atoms with Crippen molar-refractivity contribution in [2.75, 3.05) is 7.11 Å². The first-order valence-electron chi connectivity index (χ1n) is 12.4. The third kappa shape index (κ3) is 7.70. The van der Waals surface area contributed by atoms with Gasteiger partial charge in [-0.3, -0.25) is 9.59 Å². The zero-order valence-electron chi connectivity index (χ0n) is 22.3. The molecule has 5 nitrogen and oxygen atoms in total. The van der Waals surface area contributed by atoms with E-state index in [1.807, 2.05) is 101 Å². The molecule has 3 aromatic rings. The molecule has 1 N–H and O–H groups in total. The van der Waals surface area contributed by atoms with E-state index in [1.54, 1.807) is 12.0 Å². The van der Waals surface area contributed by atoms with Gasteiger partial charge in [-0.05, 0) is 69.0 Å². The largest absolute Gasteiger partial charge is 0.497 e. The van der Waals surface area contributed by atoms with E-state index in [0.717, 1.165) is 27.8 Å². The molecule has 36 heavy (non-hydrogen) atoms. The minimum atomic E-state index is -0.671. The molecule has 0 radical (unpaired) electrons. The highest BCUT2D eigenvalue weighted by atomic mass is 16.5. The van der Waals surface area contributed by atoms with Crippen molar-refractivity contribution in [3.63, 3.8) is 0 Å². The predicted octanol–water partition coefficient (Wildman–Crippen LogP) is 5.41. The number of hydrogen-bond donors (Lipinski definition) is 1. The van der Waals surface area contributed by atoms with Crippen LogP contribution in [0.2, 0.25) is 0 Å². The Bertz CT molecular complexity index is 1180. The van der Waals surface area contributed by atoms with Gasteiger partial charge in [-0.1, -0.05) is 66.2 Å². The van der Waals surface area contributed by atoms with Gasteiger partial charge in [0, 0.05) is 18.5 Å². The SMILES string of the molecule is COc1cccc(CN(C(=O)Cc2cc(C)ccc2C)C(Cc2ccccc2)C(=O)NC(C)(C)C)c1. The van der Waals surface area contributed by atoms with Crippen molar-refractivity contribution in [1.82, 2.24) is 10.2 Å². The number of nitrogens with one attached hydrogen (secondary N) is 1. The summed E-state index contributed by atoms with van der Waals surface area (Å²) in [7, 11) is 1.62. The number of hydrogen-bond acceptors (Lipinski definition) is 3. The van der Waals surface area contributed by atoms with Crippen LogP contribution in [0.4, 0.5) is 0 Å². The van der Waals surface area contributed by atoms with Gasteiger partial charge in [-0.2, -0.15) is 0 Å². The van der Waals surface area contributed by atoms with E-state index in [-0.39, 0.29) is 18.2 Å². The van der Waals surface area contributed by atoms with E-state index >= 15 is 0 Å². The number of carbonyl (C=O) groups is 2. The molecule has 0 aliphatic carbocycles. The predicted molar refractivity (Wildman–Crippen MR) is 145 cm³/mol. The average molecular weight is 487 g/mol. The van der Waals surface area contributed by atoms with Crippen LogP contribution in [0.3, 0.4) is 0 Å². The van der Waals surface area contributed by atoms with Crippen LogP contribution in [0.5, 0.6) is 5.75 Å². The van der Waals surface area contributed by atoms with Gasteiger partial charge in [0.2, 0.25) is 11.8 Å². The molecule has 0 saturated carbocycles. The second kappa shape index (κ2) is 11.9. The molecule has 1 atom stereocenters. The van der Waals surface area contributed by atoms with Crippen molar-refractivity contribution in [2.45, 2.75) is 65.6 Å². The molecule has 1 unspecified atom stereocenters. The van der Waals surface area contributed by atoms with E-state index in [9.17, 15) is 9.59 Å². The molecule has 3 aromatic carbocycles. The molecular weight excluding hydrogens is 448 g/mol. The Morgan fingerprint density at radius 3 is 2.28 bits per heavy atom. The van der Waals surface area contributed by atoms with Crippen molar-refractivity contribution in [3.05, 3.63) is 101 Å². The topological polar surface area (TPSA) is 58.6 Å². The first kappa shape index (κ1) is 27.0. The standard InChI is InChI=1S/C31H38N2O3/c1-22-15-16-23(2)26(17-22)20-29(34)33(21-25-13-10-14-27(18-25)36-6)28(30(35)32-31(3,4)5)19-24-11-8-7-9-12-24/h7-18,28H,19-21H2,1-6H3,(H,32,35). The van der Waals surface area contributed by atoms with Gasteiger partial charge in [-0.15, -0.1) is 0 Å². The van der Waals surface area contributed by atoms with Crippen molar-refractivity contribution in [2.24, 2.45) is 0 Å². The molecule has 0 aromatic heterocycles. The van der Waals surface area contributed by atoms with E-state index in [4.69, 9.17) is 4.74 Å². The van der Waals surface area contributed by atoms with Gasteiger partial charge in [-0.25, -0.2) is 0 Å². The number of benzene rings is 3. The summed E-state index contributed by atoms with van der Waals surface area (Å²) >= 11 is 0. The Hall–Kier alpha value is -3.60. The van der Waals surface area contributed by atoms with Crippen LogP contribution in [0.15, 0.2) is 72.8 Å². The first-order valence-corrected chi connectivity index (χ1v) is 12.4. The van der Waals surface area contributed by atoms with Gasteiger partial charge >= 0.3 is 0 Å². The Morgan fingerprint density at radius 1 is 0.917 bits per heavy atom. The Morgan fingerprint density at radius 2 is 1.61 bits per heavy atom. The third-order valence-electron chi connectivity index (χ3n) is 6.10. The smallest absolute Gasteiger partial charge is 0.243 e. The highest BCUT2D eigenvalue weighted by molar-refractivity contribution is 5.89. The number of aryl methyl sites for hydroxylation is 2. The highest BCUT2D eigenvalue weighted by Gasteiger charge is 2.32. The minimum Gasteiger partial charge on any atom is -0.497 e. The lowest BCUT2D eigenvalue weighted by molar-refractivity contribution is -0.141. The maximum Gasteiger partial charge on any atom is 0.243 e. The van der Waals surface area contributed by atoms with Gasteiger partial charge in [0.05, 0.1) is 13.5 Å². The summed E-state index contributed by atoms with van der Waals surface area (Å²) in [5.74, 6) is 0.466. The summed E-state index contributed by atoms with van der Waals surface area (Å²) in [6.45, 7) is 10.2. The molecule has 0 aliphatic rings.